The Morgan fingerprint density at radius 1 is 1.58 bits per heavy atom. The smallest absolute Gasteiger partial charge is 0.269 e. The Morgan fingerprint density at radius 3 is 2.75 bits per heavy atom. The van der Waals surface area contributed by atoms with E-state index in [9.17, 15) is 9.59 Å². The lowest BCUT2D eigenvalue weighted by Gasteiger charge is -2.04. The number of nitrogens with one attached hydrogen (secondary N) is 1. The summed E-state index contributed by atoms with van der Waals surface area (Å²) in [6.45, 7) is 3.17. The van der Waals surface area contributed by atoms with E-state index in [4.69, 9.17) is 0 Å². The molecule has 1 rings (SSSR count). The first-order valence-electron chi connectivity index (χ1n) is 3.56. The zero-order valence-corrected chi connectivity index (χ0v) is 7.00. The largest absolute Gasteiger partial charge is 0.274 e. The number of aryl methyl sites for hydroxylation is 1. The number of nitrogens with zero attached hydrogens (tertiary/aromatic N) is 1. The number of aromatic nitrogens is 1. The van der Waals surface area contributed by atoms with Gasteiger partial charge in [-0.15, -0.1) is 0 Å². The molecule has 64 valence electrons. The summed E-state index contributed by atoms with van der Waals surface area (Å²) in [6.07, 6.45) is 1.53. The van der Waals surface area contributed by atoms with E-state index in [0.717, 1.165) is 10.2 Å². The molecule has 1 aromatic heterocycles. The highest BCUT2D eigenvalue weighted by Gasteiger charge is 1.95. The Hall–Kier alpha value is -1.58. The van der Waals surface area contributed by atoms with Crippen LogP contribution in [0.5, 0.6) is 0 Å². The summed E-state index contributed by atoms with van der Waals surface area (Å²) in [6, 6.07) is 3.20. The van der Waals surface area contributed by atoms with Gasteiger partial charge in [0.05, 0.1) is 0 Å². The van der Waals surface area contributed by atoms with E-state index >= 15 is 0 Å². The van der Waals surface area contributed by atoms with Gasteiger partial charge in [0.15, 0.2) is 0 Å². The Kier molecular flexibility index (Phi) is 2.28. The van der Waals surface area contributed by atoms with Crippen LogP contribution in [0.4, 0.5) is 0 Å². The molecule has 0 atom stereocenters. The molecule has 1 heterocycles. The lowest BCUT2D eigenvalue weighted by molar-refractivity contribution is -0.115. The minimum absolute atomic E-state index is 0.231. The molecule has 0 aromatic carbocycles. The van der Waals surface area contributed by atoms with Crippen LogP contribution in [0.15, 0.2) is 23.1 Å². The van der Waals surface area contributed by atoms with Crippen molar-refractivity contribution >= 4 is 5.91 Å². The molecule has 0 saturated heterocycles. The Morgan fingerprint density at radius 2 is 2.25 bits per heavy atom. The van der Waals surface area contributed by atoms with Gasteiger partial charge in [0, 0.05) is 19.2 Å². The highest BCUT2D eigenvalue weighted by molar-refractivity contribution is 5.80. The molecule has 12 heavy (non-hydrogen) atoms. The molecule has 0 bridgehead atoms. The average molecular weight is 166 g/mol. The molecule has 0 aliphatic carbocycles. The maximum Gasteiger partial charge on any atom is 0.269 e. The first-order chi connectivity index (χ1) is 5.59. The molecular formula is C8H10N2O2. The van der Waals surface area contributed by atoms with Crippen LogP contribution in [0, 0.1) is 6.92 Å². The van der Waals surface area contributed by atoms with Crippen molar-refractivity contribution in [1.82, 2.24) is 4.68 Å². The Bertz CT molecular complexity index is 354. The lowest BCUT2D eigenvalue weighted by Crippen LogP contribution is -2.30. The predicted molar refractivity (Wildman–Crippen MR) is 45.5 cm³/mol. The fraction of sp³-hybridized carbons (Fsp3) is 0.250. The predicted octanol–water partition coefficient (Wildman–Crippen LogP) is 0.247. The quantitative estimate of drug-likeness (QED) is 0.650. The zero-order chi connectivity index (χ0) is 9.14. The number of rotatable bonds is 1. The Labute approximate surface area is 69.8 Å². The van der Waals surface area contributed by atoms with Gasteiger partial charge in [-0.2, -0.15) is 0 Å². The number of amides is 1. The van der Waals surface area contributed by atoms with Gasteiger partial charge in [-0.3, -0.25) is 15.0 Å². The van der Waals surface area contributed by atoms with E-state index < -0.39 is 0 Å². The van der Waals surface area contributed by atoms with E-state index in [1.54, 1.807) is 6.07 Å². The molecule has 4 nitrogen and oxygen atoms in total. The van der Waals surface area contributed by atoms with Crippen molar-refractivity contribution in [2.24, 2.45) is 0 Å². The fourth-order valence-corrected chi connectivity index (χ4v) is 0.840. The number of pyridine rings is 1. The fourth-order valence-electron chi connectivity index (χ4n) is 0.840. The SMILES string of the molecule is CC(=O)Nn1ccc(C)cc1=O. The summed E-state index contributed by atoms with van der Waals surface area (Å²) in [7, 11) is 0. The van der Waals surface area contributed by atoms with Crippen LogP contribution in [0.2, 0.25) is 0 Å². The van der Waals surface area contributed by atoms with Crippen LogP contribution < -0.4 is 11.0 Å². The normalized spacial score (nSPS) is 9.50. The summed E-state index contributed by atoms with van der Waals surface area (Å²) in [5.74, 6) is -0.263. The second kappa shape index (κ2) is 3.21. The van der Waals surface area contributed by atoms with E-state index in [-0.39, 0.29) is 11.5 Å². The second-order valence-corrected chi connectivity index (χ2v) is 2.58. The van der Waals surface area contributed by atoms with Gasteiger partial charge in [0.25, 0.3) is 5.56 Å². The molecule has 4 heteroatoms. The van der Waals surface area contributed by atoms with Gasteiger partial charge in [-0.1, -0.05) is 0 Å². The number of hydrogen-bond acceptors (Lipinski definition) is 2. The number of carbonyl (C=O) groups excluding carboxylic acids is 1. The third-order valence-corrected chi connectivity index (χ3v) is 1.35. The van der Waals surface area contributed by atoms with Crippen LogP contribution in [-0.2, 0) is 4.79 Å². The second-order valence-electron chi connectivity index (χ2n) is 2.58. The van der Waals surface area contributed by atoms with Crippen LogP contribution in [0.25, 0.3) is 0 Å². The lowest BCUT2D eigenvalue weighted by atomic mass is 10.3. The van der Waals surface area contributed by atoms with Crippen molar-refractivity contribution in [3.8, 4) is 0 Å². The molecular weight excluding hydrogens is 156 g/mol. The van der Waals surface area contributed by atoms with Gasteiger partial charge in [0.2, 0.25) is 5.91 Å². The Balaban J connectivity index is 3.02. The molecule has 0 saturated carbocycles. The molecule has 0 unspecified atom stereocenters. The highest BCUT2D eigenvalue weighted by atomic mass is 16.2. The first kappa shape index (κ1) is 8.52. The van der Waals surface area contributed by atoms with Gasteiger partial charge >= 0.3 is 0 Å². The van der Waals surface area contributed by atoms with Crippen LogP contribution in [0.3, 0.4) is 0 Å². The van der Waals surface area contributed by atoms with E-state index in [0.29, 0.717) is 0 Å². The van der Waals surface area contributed by atoms with Crippen LogP contribution >= 0.6 is 0 Å². The van der Waals surface area contributed by atoms with Crippen molar-refractivity contribution < 1.29 is 4.79 Å². The summed E-state index contributed by atoms with van der Waals surface area (Å²) in [5.41, 5.74) is 3.01. The third kappa shape index (κ3) is 1.95. The van der Waals surface area contributed by atoms with E-state index in [1.807, 2.05) is 6.92 Å². The van der Waals surface area contributed by atoms with Gasteiger partial charge < -0.3 is 0 Å². The van der Waals surface area contributed by atoms with Crippen molar-refractivity contribution in [2.45, 2.75) is 13.8 Å². The topological polar surface area (TPSA) is 51.1 Å². The van der Waals surface area contributed by atoms with E-state index in [2.05, 4.69) is 5.43 Å². The van der Waals surface area contributed by atoms with Gasteiger partial charge in [0.1, 0.15) is 0 Å². The molecule has 1 N–H and O–H groups in total. The summed E-state index contributed by atoms with van der Waals surface area (Å²) in [4.78, 5) is 21.7. The van der Waals surface area contributed by atoms with Crippen molar-refractivity contribution in [3.05, 3.63) is 34.2 Å². The molecule has 1 amide bonds. The number of hydrogen-bond donors (Lipinski definition) is 1. The summed E-state index contributed by atoms with van der Waals surface area (Å²) < 4.78 is 1.15. The molecule has 0 radical (unpaired) electrons. The van der Waals surface area contributed by atoms with Crippen LogP contribution in [0.1, 0.15) is 12.5 Å². The number of carbonyl (C=O) groups is 1. The van der Waals surface area contributed by atoms with Gasteiger partial charge in [-0.25, -0.2) is 4.68 Å². The van der Waals surface area contributed by atoms with Crippen LogP contribution in [-0.4, -0.2) is 10.6 Å². The minimum atomic E-state index is -0.263. The maximum atomic E-state index is 11.1. The van der Waals surface area contributed by atoms with Crippen molar-refractivity contribution in [1.29, 1.82) is 0 Å². The molecule has 0 aliphatic rings. The standard InChI is InChI=1S/C8H10N2O2/c1-6-3-4-10(8(12)5-6)9-7(2)11/h3-5H,1-2H3,(H,9,11). The van der Waals surface area contributed by atoms with Crippen molar-refractivity contribution in [2.75, 3.05) is 5.43 Å². The minimum Gasteiger partial charge on any atom is -0.274 e. The summed E-state index contributed by atoms with van der Waals surface area (Å²) >= 11 is 0. The molecule has 1 aromatic rings. The third-order valence-electron chi connectivity index (χ3n) is 1.35. The van der Waals surface area contributed by atoms with E-state index in [1.165, 1.54) is 19.2 Å². The monoisotopic (exact) mass is 166 g/mol. The first-order valence-corrected chi connectivity index (χ1v) is 3.56. The molecule has 0 fully saturated rings. The molecule has 0 spiro atoms. The maximum absolute atomic E-state index is 11.1. The molecule has 0 aliphatic heterocycles. The summed E-state index contributed by atoms with van der Waals surface area (Å²) in [5, 5.41) is 0. The van der Waals surface area contributed by atoms with Crippen molar-refractivity contribution in [3.63, 3.8) is 0 Å². The average Bonchev–Trinajstić information content (AvgIpc) is 1.94. The zero-order valence-electron chi connectivity index (χ0n) is 7.00. The highest BCUT2D eigenvalue weighted by Crippen LogP contribution is 1.88. The van der Waals surface area contributed by atoms with Gasteiger partial charge in [-0.05, 0) is 18.6 Å².